The molecule has 1 heterocycles. The maximum Gasteiger partial charge on any atom is 0.330 e. The summed E-state index contributed by atoms with van der Waals surface area (Å²) in [5, 5.41) is 0. The van der Waals surface area contributed by atoms with E-state index in [2.05, 4.69) is 20.9 Å². The van der Waals surface area contributed by atoms with Crippen molar-refractivity contribution in [1.29, 1.82) is 0 Å². The molecule has 0 saturated heterocycles. The summed E-state index contributed by atoms with van der Waals surface area (Å²) >= 11 is 3.28. The number of carbonyl (C=O) groups is 1. The summed E-state index contributed by atoms with van der Waals surface area (Å²) in [5.41, 5.74) is 7.91. The Hall–Kier alpha value is -1.36. The normalized spacial score (nSPS) is 10.7. The number of aromatic nitrogens is 1. The lowest BCUT2D eigenvalue weighted by atomic mass is 10.1. The fourth-order valence-corrected chi connectivity index (χ4v) is 1.48. The SMILES string of the molecule is CCOC(=O)/C=C/c1c(C)ncc(Br)c1N. The van der Waals surface area contributed by atoms with Gasteiger partial charge in [0.05, 0.1) is 16.8 Å². The van der Waals surface area contributed by atoms with Gasteiger partial charge in [-0.15, -0.1) is 0 Å². The number of nitrogens with two attached hydrogens (primary N) is 1. The molecule has 0 spiro atoms. The van der Waals surface area contributed by atoms with Crippen molar-refractivity contribution < 1.29 is 9.53 Å². The number of nitrogens with zero attached hydrogens (tertiary/aromatic N) is 1. The Morgan fingerprint density at radius 1 is 1.69 bits per heavy atom. The third kappa shape index (κ3) is 3.06. The Morgan fingerprint density at radius 2 is 2.38 bits per heavy atom. The van der Waals surface area contributed by atoms with E-state index in [1.165, 1.54) is 6.08 Å². The second-order valence-electron chi connectivity index (χ2n) is 3.10. The smallest absolute Gasteiger partial charge is 0.330 e. The van der Waals surface area contributed by atoms with Crippen LogP contribution in [-0.2, 0) is 9.53 Å². The van der Waals surface area contributed by atoms with Gasteiger partial charge in [-0.25, -0.2) is 4.79 Å². The standard InChI is InChI=1S/C11H13BrN2O2/c1-3-16-10(15)5-4-8-7(2)14-6-9(12)11(8)13/h4-6H,3H2,1-2H3,(H2,13,14)/b5-4+. The number of pyridine rings is 1. The highest BCUT2D eigenvalue weighted by Crippen LogP contribution is 2.25. The minimum absolute atomic E-state index is 0.356. The number of nitrogen functional groups attached to an aromatic ring is 1. The van der Waals surface area contributed by atoms with Crippen LogP contribution in [0.5, 0.6) is 0 Å². The van der Waals surface area contributed by atoms with Crippen LogP contribution in [0.25, 0.3) is 6.08 Å². The first kappa shape index (κ1) is 12.7. The maximum absolute atomic E-state index is 11.1. The van der Waals surface area contributed by atoms with Crippen molar-refractivity contribution in [1.82, 2.24) is 4.98 Å². The van der Waals surface area contributed by atoms with Gasteiger partial charge in [-0.3, -0.25) is 4.98 Å². The number of halogens is 1. The maximum atomic E-state index is 11.1. The lowest BCUT2D eigenvalue weighted by Gasteiger charge is -2.05. The molecule has 0 aliphatic rings. The van der Waals surface area contributed by atoms with E-state index < -0.39 is 0 Å². The number of aryl methyl sites for hydroxylation is 1. The molecular formula is C11H13BrN2O2. The van der Waals surface area contributed by atoms with Crippen LogP contribution >= 0.6 is 15.9 Å². The average molecular weight is 285 g/mol. The quantitative estimate of drug-likeness (QED) is 0.683. The summed E-state index contributed by atoms with van der Waals surface area (Å²) < 4.78 is 5.48. The number of esters is 1. The van der Waals surface area contributed by atoms with E-state index in [9.17, 15) is 4.79 Å². The summed E-state index contributed by atoms with van der Waals surface area (Å²) in [6.07, 6.45) is 4.59. The van der Waals surface area contributed by atoms with Crippen LogP contribution in [-0.4, -0.2) is 17.6 Å². The highest BCUT2D eigenvalue weighted by Gasteiger charge is 2.05. The van der Waals surface area contributed by atoms with Crippen LogP contribution in [0.3, 0.4) is 0 Å². The minimum Gasteiger partial charge on any atom is -0.463 e. The van der Waals surface area contributed by atoms with Crippen LogP contribution in [0, 0.1) is 6.92 Å². The van der Waals surface area contributed by atoms with E-state index in [-0.39, 0.29) is 5.97 Å². The number of anilines is 1. The van der Waals surface area contributed by atoms with Crippen molar-refractivity contribution >= 4 is 33.7 Å². The molecule has 0 fully saturated rings. The lowest BCUT2D eigenvalue weighted by Crippen LogP contribution is -2.00. The van der Waals surface area contributed by atoms with Gasteiger partial charge < -0.3 is 10.5 Å². The largest absolute Gasteiger partial charge is 0.463 e. The van der Waals surface area contributed by atoms with E-state index in [1.807, 2.05) is 6.92 Å². The zero-order valence-corrected chi connectivity index (χ0v) is 10.7. The molecule has 1 rings (SSSR count). The molecule has 0 aliphatic carbocycles. The predicted molar refractivity (Wildman–Crippen MR) is 66.8 cm³/mol. The first-order chi connectivity index (χ1) is 7.56. The fourth-order valence-electron chi connectivity index (χ4n) is 1.17. The van der Waals surface area contributed by atoms with Gasteiger partial charge in [-0.05, 0) is 35.9 Å². The molecule has 0 atom stereocenters. The van der Waals surface area contributed by atoms with Crippen LogP contribution in [0.2, 0.25) is 0 Å². The van der Waals surface area contributed by atoms with Crippen molar-refractivity contribution in [2.75, 3.05) is 12.3 Å². The van der Waals surface area contributed by atoms with Gasteiger partial charge in [0, 0.05) is 23.5 Å². The summed E-state index contributed by atoms with van der Waals surface area (Å²) in [5.74, 6) is -0.388. The summed E-state index contributed by atoms with van der Waals surface area (Å²) in [7, 11) is 0. The Labute approximate surface area is 103 Å². The molecule has 2 N–H and O–H groups in total. The molecule has 0 unspecified atom stereocenters. The molecule has 16 heavy (non-hydrogen) atoms. The third-order valence-corrected chi connectivity index (χ3v) is 2.61. The van der Waals surface area contributed by atoms with Crippen LogP contribution in [0.15, 0.2) is 16.7 Å². The van der Waals surface area contributed by atoms with E-state index >= 15 is 0 Å². The van der Waals surface area contributed by atoms with E-state index in [4.69, 9.17) is 10.5 Å². The second kappa shape index (κ2) is 5.65. The number of hydrogen-bond donors (Lipinski definition) is 1. The Kier molecular flexibility index (Phi) is 4.49. The van der Waals surface area contributed by atoms with Crippen molar-refractivity contribution in [3.8, 4) is 0 Å². The zero-order valence-electron chi connectivity index (χ0n) is 9.16. The Morgan fingerprint density at radius 3 is 3.00 bits per heavy atom. The van der Waals surface area contributed by atoms with Crippen molar-refractivity contribution in [3.63, 3.8) is 0 Å². The second-order valence-corrected chi connectivity index (χ2v) is 3.96. The van der Waals surface area contributed by atoms with Crippen molar-refractivity contribution in [3.05, 3.63) is 28.0 Å². The molecule has 0 saturated carbocycles. The molecular weight excluding hydrogens is 272 g/mol. The Bertz CT molecular complexity index is 430. The van der Waals surface area contributed by atoms with Gasteiger partial charge in [0.2, 0.25) is 0 Å². The number of carbonyl (C=O) groups excluding carboxylic acids is 1. The minimum atomic E-state index is -0.388. The Balaban J connectivity index is 2.97. The van der Waals surface area contributed by atoms with E-state index in [0.29, 0.717) is 16.8 Å². The first-order valence-corrected chi connectivity index (χ1v) is 5.61. The van der Waals surface area contributed by atoms with Gasteiger partial charge >= 0.3 is 5.97 Å². The van der Waals surface area contributed by atoms with Crippen LogP contribution in [0.1, 0.15) is 18.2 Å². The molecule has 1 aromatic rings. The molecule has 1 aromatic heterocycles. The highest BCUT2D eigenvalue weighted by molar-refractivity contribution is 9.10. The van der Waals surface area contributed by atoms with E-state index in [1.54, 1.807) is 19.2 Å². The molecule has 0 aromatic carbocycles. The molecule has 86 valence electrons. The van der Waals surface area contributed by atoms with Crippen molar-refractivity contribution in [2.45, 2.75) is 13.8 Å². The lowest BCUT2D eigenvalue weighted by molar-refractivity contribution is -0.137. The summed E-state index contributed by atoms with van der Waals surface area (Å²) in [6.45, 7) is 3.94. The molecule has 0 aliphatic heterocycles. The summed E-state index contributed by atoms with van der Waals surface area (Å²) in [6, 6.07) is 0. The number of rotatable bonds is 3. The number of ether oxygens (including phenoxy) is 1. The van der Waals surface area contributed by atoms with Gasteiger partial charge in [0.1, 0.15) is 0 Å². The van der Waals surface area contributed by atoms with Gasteiger partial charge in [-0.1, -0.05) is 0 Å². The molecule has 0 bridgehead atoms. The van der Waals surface area contributed by atoms with Gasteiger partial charge in [0.15, 0.2) is 0 Å². The van der Waals surface area contributed by atoms with Crippen molar-refractivity contribution in [2.24, 2.45) is 0 Å². The first-order valence-electron chi connectivity index (χ1n) is 4.81. The summed E-state index contributed by atoms with van der Waals surface area (Å²) in [4.78, 5) is 15.3. The predicted octanol–water partition coefficient (Wildman–Crippen LogP) is 2.31. The average Bonchev–Trinajstić information content (AvgIpc) is 2.24. The molecule has 0 amide bonds. The van der Waals surface area contributed by atoms with Crippen LogP contribution in [0.4, 0.5) is 5.69 Å². The topological polar surface area (TPSA) is 65.2 Å². The van der Waals surface area contributed by atoms with E-state index in [0.717, 1.165) is 11.3 Å². The highest BCUT2D eigenvalue weighted by atomic mass is 79.9. The number of hydrogen-bond acceptors (Lipinski definition) is 4. The van der Waals surface area contributed by atoms with Gasteiger partial charge in [0.25, 0.3) is 0 Å². The van der Waals surface area contributed by atoms with Gasteiger partial charge in [-0.2, -0.15) is 0 Å². The molecule has 5 heteroatoms. The zero-order chi connectivity index (χ0) is 12.1. The molecule has 4 nitrogen and oxygen atoms in total. The monoisotopic (exact) mass is 284 g/mol. The third-order valence-electron chi connectivity index (χ3n) is 1.98. The van der Waals surface area contributed by atoms with Crippen LogP contribution < -0.4 is 5.73 Å². The molecule has 0 radical (unpaired) electrons. The fraction of sp³-hybridized carbons (Fsp3) is 0.273.